The average Bonchev–Trinajstić information content (AvgIpc) is 3.27. The maximum absolute atomic E-state index is 15.1. The summed E-state index contributed by atoms with van der Waals surface area (Å²) in [7, 11) is 0. The van der Waals surface area contributed by atoms with Crippen LogP contribution in [-0.4, -0.2) is 36.0 Å². The smallest absolute Gasteiger partial charge is 0.293 e. The summed E-state index contributed by atoms with van der Waals surface area (Å²) in [5.41, 5.74) is 5.56. The molecule has 3 N–H and O–H groups in total. The highest BCUT2D eigenvalue weighted by atomic mass is 19.1. The van der Waals surface area contributed by atoms with Gasteiger partial charge >= 0.3 is 0 Å². The first kappa shape index (κ1) is 16.4. The number of pyridine rings is 1. The molecule has 1 aromatic carbocycles. The molecule has 0 amide bonds. The molecule has 2 unspecified atom stereocenters. The first-order valence-electron chi connectivity index (χ1n) is 9.01. The van der Waals surface area contributed by atoms with E-state index in [1.54, 1.807) is 4.57 Å². The van der Waals surface area contributed by atoms with E-state index in [-0.39, 0.29) is 29.1 Å². The molecule has 1 fully saturated rings. The maximum atomic E-state index is 15.1. The summed E-state index contributed by atoms with van der Waals surface area (Å²) in [6.45, 7) is 4.01. The Bertz CT molecular complexity index is 1190. The fourth-order valence-electron chi connectivity index (χ4n) is 4.28. The second-order valence-electron chi connectivity index (χ2n) is 7.34. The quantitative estimate of drug-likeness (QED) is 0.701. The third-order valence-corrected chi connectivity index (χ3v) is 5.64. The molecule has 0 saturated carbocycles. The van der Waals surface area contributed by atoms with Crippen molar-refractivity contribution in [2.24, 2.45) is 11.7 Å². The average molecular weight is 374 g/mol. The van der Waals surface area contributed by atoms with E-state index in [1.807, 2.05) is 11.8 Å². The zero-order valence-electron chi connectivity index (χ0n) is 14.8. The van der Waals surface area contributed by atoms with Crippen LogP contribution in [0, 0.1) is 11.7 Å². The van der Waals surface area contributed by atoms with Crippen molar-refractivity contribution < 1.29 is 13.7 Å². The Kier molecular flexibility index (Phi) is 3.39. The molecule has 8 nitrogen and oxygen atoms in total. The molecule has 2 aromatic heterocycles. The lowest BCUT2D eigenvalue weighted by Crippen LogP contribution is -2.29. The SMILES string of the molecule is CC1COc2c(N3CCC(CN)C3)c(F)cc3c(=O)c4c(=O)[nH]oc4n1c23. The number of ether oxygens (including phenoxy) is 1. The lowest BCUT2D eigenvalue weighted by atomic mass is 10.1. The van der Waals surface area contributed by atoms with Crippen molar-refractivity contribution in [3.63, 3.8) is 0 Å². The molecule has 2 aliphatic heterocycles. The Morgan fingerprint density at radius 3 is 2.96 bits per heavy atom. The first-order valence-corrected chi connectivity index (χ1v) is 9.01. The summed E-state index contributed by atoms with van der Waals surface area (Å²) in [4.78, 5) is 26.8. The van der Waals surface area contributed by atoms with Crippen LogP contribution < -0.4 is 26.4 Å². The Hall–Kier alpha value is -2.81. The molecule has 27 heavy (non-hydrogen) atoms. The van der Waals surface area contributed by atoms with Crippen LogP contribution in [0.25, 0.3) is 22.0 Å². The van der Waals surface area contributed by atoms with E-state index in [2.05, 4.69) is 5.16 Å². The zero-order chi connectivity index (χ0) is 18.9. The Balaban J connectivity index is 1.89. The fraction of sp³-hybridized carbons (Fsp3) is 0.444. The minimum atomic E-state index is -0.615. The number of nitrogens with zero attached hydrogens (tertiary/aromatic N) is 2. The first-order chi connectivity index (χ1) is 13.0. The van der Waals surface area contributed by atoms with E-state index in [1.165, 1.54) is 6.07 Å². The van der Waals surface area contributed by atoms with Crippen LogP contribution in [-0.2, 0) is 0 Å². The summed E-state index contributed by atoms with van der Waals surface area (Å²) in [5.74, 6) is 0.0819. The molecule has 0 bridgehead atoms. The van der Waals surface area contributed by atoms with Crippen molar-refractivity contribution in [2.45, 2.75) is 19.4 Å². The number of H-pyrrole nitrogens is 1. The third kappa shape index (κ3) is 2.11. The molecule has 2 atom stereocenters. The van der Waals surface area contributed by atoms with Gasteiger partial charge in [0.15, 0.2) is 17.0 Å². The molecule has 0 spiro atoms. The van der Waals surface area contributed by atoms with E-state index in [0.717, 1.165) is 6.42 Å². The highest BCUT2D eigenvalue weighted by molar-refractivity contribution is 5.98. The van der Waals surface area contributed by atoms with Gasteiger partial charge in [0, 0.05) is 13.1 Å². The summed E-state index contributed by atoms with van der Waals surface area (Å²) >= 11 is 0. The molecule has 4 heterocycles. The number of hydrogen-bond acceptors (Lipinski definition) is 6. The van der Waals surface area contributed by atoms with Crippen LogP contribution in [0.15, 0.2) is 20.2 Å². The predicted octanol–water partition coefficient (Wildman–Crippen LogP) is 1.31. The van der Waals surface area contributed by atoms with Crippen molar-refractivity contribution in [3.05, 3.63) is 32.5 Å². The molecule has 5 rings (SSSR count). The summed E-state index contributed by atoms with van der Waals surface area (Å²) in [6.07, 6.45) is 0.877. The van der Waals surface area contributed by atoms with Crippen molar-refractivity contribution in [1.82, 2.24) is 9.72 Å². The number of aromatic amines is 1. The van der Waals surface area contributed by atoms with Crippen molar-refractivity contribution >= 4 is 27.7 Å². The largest absolute Gasteiger partial charge is 0.487 e. The van der Waals surface area contributed by atoms with Gasteiger partial charge in [0.1, 0.15) is 17.8 Å². The van der Waals surface area contributed by atoms with Crippen LogP contribution >= 0.6 is 0 Å². The van der Waals surface area contributed by atoms with Crippen LogP contribution in [0.1, 0.15) is 19.4 Å². The molecule has 2 aliphatic rings. The van der Waals surface area contributed by atoms with Crippen molar-refractivity contribution in [1.29, 1.82) is 0 Å². The van der Waals surface area contributed by atoms with Crippen molar-refractivity contribution in [3.8, 4) is 5.75 Å². The number of fused-ring (bicyclic) bond motifs is 2. The number of benzene rings is 1. The number of anilines is 1. The maximum Gasteiger partial charge on any atom is 0.293 e. The summed E-state index contributed by atoms with van der Waals surface area (Å²) in [5, 5.41) is 2.24. The Morgan fingerprint density at radius 2 is 2.22 bits per heavy atom. The Labute approximate surface area is 152 Å². The van der Waals surface area contributed by atoms with E-state index < -0.39 is 16.8 Å². The van der Waals surface area contributed by atoms with Gasteiger partial charge in [-0.05, 0) is 31.9 Å². The van der Waals surface area contributed by atoms with E-state index in [0.29, 0.717) is 42.5 Å². The lowest BCUT2D eigenvalue weighted by molar-refractivity contribution is 0.244. The van der Waals surface area contributed by atoms with Crippen molar-refractivity contribution in [2.75, 3.05) is 31.1 Å². The highest BCUT2D eigenvalue weighted by Gasteiger charge is 2.33. The predicted molar refractivity (Wildman–Crippen MR) is 98.1 cm³/mol. The Morgan fingerprint density at radius 1 is 1.41 bits per heavy atom. The van der Waals surface area contributed by atoms with Crippen LogP contribution in [0.3, 0.4) is 0 Å². The monoisotopic (exact) mass is 374 g/mol. The van der Waals surface area contributed by atoms with Crippen LogP contribution in [0.4, 0.5) is 10.1 Å². The molecule has 1 saturated heterocycles. The summed E-state index contributed by atoms with van der Waals surface area (Å²) < 4.78 is 28.1. The van der Waals surface area contributed by atoms with Gasteiger partial charge in [0.25, 0.3) is 5.56 Å². The van der Waals surface area contributed by atoms with Gasteiger partial charge in [-0.2, -0.15) is 5.16 Å². The molecular weight excluding hydrogens is 355 g/mol. The molecule has 142 valence electrons. The second-order valence-corrected chi connectivity index (χ2v) is 7.34. The standard InChI is InChI=1S/C18H19FN4O4/c1-8-7-26-16-13-10(15(24)12-17(25)21-27-18(12)23(8)13)4-11(19)14(16)22-3-2-9(5-20)6-22/h4,8-9H,2-3,5-7,20H2,1H3,(H,21,25). The normalized spacial score (nSPS) is 22.0. The topological polar surface area (TPSA) is 106 Å². The number of rotatable bonds is 2. The van der Waals surface area contributed by atoms with E-state index >= 15 is 4.39 Å². The number of hydrogen-bond donors (Lipinski definition) is 2. The van der Waals surface area contributed by atoms with E-state index in [4.69, 9.17) is 15.0 Å². The molecule has 3 aromatic rings. The van der Waals surface area contributed by atoms with E-state index in [9.17, 15) is 9.59 Å². The number of nitrogens with two attached hydrogens (primary N) is 1. The molecule has 0 radical (unpaired) electrons. The molecule has 9 heteroatoms. The minimum absolute atomic E-state index is 0.0984. The zero-order valence-corrected chi connectivity index (χ0v) is 14.8. The van der Waals surface area contributed by atoms with Gasteiger partial charge in [-0.15, -0.1) is 0 Å². The number of nitrogens with one attached hydrogen (secondary N) is 1. The minimum Gasteiger partial charge on any atom is -0.487 e. The molecular formula is C18H19FN4O4. The summed E-state index contributed by atoms with van der Waals surface area (Å²) in [6, 6.07) is 1.02. The van der Waals surface area contributed by atoms with Crippen LogP contribution in [0.5, 0.6) is 5.75 Å². The molecule has 0 aliphatic carbocycles. The van der Waals surface area contributed by atoms with Crippen LogP contribution in [0.2, 0.25) is 0 Å². The van der Waals surface area contributed by atoms with Gasteiger partial charge < -0.3 is 19.9 Å². The second kappa shape index (κ2) is 5.59. The number of aromatic nitrogens is 2. The fourth-order valence-corrected chi connectivity index (χ4v) is 4.28. The van der Waals surface area contributed by atoms with Gasteiger partial charge in [0.05, 0.1) is 11.4 Å². The third-order valence-electron chi connectivity index (χ3n) is 5.64. The van der Waals surface area contributed by atoms with Gasteiger partial charge in [-0.25, -0.2) is 4.39 Å². The van der Waals surface area contributed by atoms with Gasteiger partial charge in [0.2, 0.25) is 11.1 Å². The highest BCUT2D eigenvalue weighted by Crippen LogP contribution is 2.44. The van der Waals surface area contributed by atoms with Gasteiger partial charge in [-0.1, -0.05) is 0 Å². The van der Waals surface area contributed by atoms with Gasteiger partial charge in [-0.3, -0.25) is 14.2 Å². The lowest BCUT2D eigenvalue weighted by Gasteiger charge is -2.30. The number of halogens is 1.